The molecule has 2 aliphatic heterocycles. The molecule has 0 aliphatic carbocycles. The first-order chi connectivity index (χ1) is 29.4. The van der Waals surface area contributed by atoms with E-state index < -0.39 is 0 Å². The first kappa shape index (κ1) is 34.5. The van der Waals surface area contributed by atoms with E-state index in [0.29, 0.717) is 0 Å². The number of benzene rings is 10. The number of rotatable bonds is 6. The van der Waals surface area contributed by atoms with Crippen molar-refractivity contribution in [3.05, 3.63) is 192 Å². The standard InChI is InChI=1S/C56H40N2O2/c1-33-13-21-37(22-14-33)57(38-23-15-34(2)16-24-38)53-41-9-5-7-11-43(41)55-49-45(53)29-31-47-51(49)52-48(59-55)32-30-46-50(52)56(60-47)44-12-8-6-10-42(44)54(46)58(39-25-17-35(3)18-26-39)40-27-19-36(4)20-28-40/h5-32H,1-4H3. The summed E-state index contributed by atoms with van der Waals surface area (Å²) in [6, 6.07) is 61.5. The summed E-state index contributed by atoms with van der Waals surface area (Å²) in [6.07, 6.45) is 0. The van der Waals surface area contributed by atoms with E-state index in [4.69, 9.17) is 8.83 Å². The number of hydrogen-bond acceptors (Lipinski definition) is 4. The van der Waals surface area contributed by atoms with Crippen molar-refractivity contribution in [2.75, 3.05) is 9.80 Å². The monoisotopic (exact) mass is 772 g/mol. The summed E-state index contributed by atoms with van der Waals surface area (Å²) in [5.41, 5.74) is 17.0. The molecular formula is C56H40N2O2. The van der Waals surface area contributed by atoms with Gasteiger partial charge in [0.1, 0.15) is 22.3 Å². The molecular weight excluding hydrogens is 733 g/mol. The highest BCUT2D eigenvalue weighted by atomic mass is 16.3. The van der Waals surface area contributed by atoms with Crippen LogP contribution in [0.1, 0.15) is 22.3 Å². The Balaban J connectivity index is 1.24. The van der Waals surface area contributed by atoms with Crippen molar-refractivity contribution in [1.82, 2.24) is 0 Å². The van der Waals surface area contributed by atoms with Gasteiger partial charge in [0.2, 0.25) is 0 Å². The molecule has 0 unspecified atom stereocenters. The molecule has 0 N–H and O–H groups in total. The van der Waals surface area contributed by atoms with Gasteiger partial charge in [-0.05, 0) is 100 Å². The highest BCUT2D eigenvalue weighted by molar-refractivity contribution is 6.35. The highest BCUT2D eigenvalue weighted by Crippen LogP contribution is 2.56. The Kier molecular flexibility index (Phi) is 7.45. The smallest absolute Gasteiger partial charge is 0.144 e. The second-order valence-electron chi connectivity index (χ2n) is 16.4. The van der Waals surface area contributed by atoms with Crippen molar-refractivity contribution in [2.45, 2.75) is 27.7 Å². The lowest BCUT2D eigenvalue weighted by Crippen LogP contribution is -2.12. The molecule has 0 saturated carbocycles. The molecule has 0 atom stereocenters. The molecule has 10 aromatic rings. The molecule has 10 aromatic carbocycles. The van der Waals surface area contributed by atoms with Gasteiger partial charge in [-0.15, -0.1) is 0 Å². The van der Waals surface area contributed by atoms with Gasteiger partial charge in [-0.3, -0.25) is 0 Å². The van der Waals surface area contributed by atoms with Gasteiger partial charge < -0.3 is 18.6 Å². The first-order valence-corrected chi connectivity index (χ1v) is 20.7. The summed E-state index contributed by atoms with van der Waals surface area (Å²) >= 11 is 0. The van der Waals surface area contributed by atoms with Crippen LogP contribution in [0.4, 0.5) is 34.1 Å². The van der Waals surface area contributed by atoms with E-state index in [9.17, 15) is 0 Å². The van der Waals surface area contributed by atoms with Crippen LogP contribution < -0.4 is 9.80 Å². The van der Waals surface area contributed by atoms with E-state index in [2.05, 4.69) is 207 Å². The predicted octanol–water partition coefficient (Wildman–Crippen LogP) is 16.5. The second kappa shape index (κ2) is 13.0. The van der Waals surface area contributed by atoms with Gasteiger partial charge >= 0.3 is 0 Å². The minimum Gasteiger partial charge on any atom is -0.455 e. The maximum absolute atomic E-state index is 7.25. The van der Waals surface area contributed by atoms with Crippen LogP contribution in [0.15, 0.2) is 179 Å². The zero-order valence-corrected chi connectivity index (χ0v) is 33.9. The third-order valence-electron chi connectivity index (χ3n) is 12.4. The van der Waals surface area contributed by atoms with Crippen molar-refractivity contribution in [1.29, 1.82) is 0 Å². The number of hydrogen-bond donors (Lipinski definition) is 0. The lowest BCUT2D eigenvalue weighted by atomic mass is 9.86. The molecule has 4 heteroatoms. The molecule has 60 heavy (non-hydrogen) atoms. The van der Waals surface area contributed by atoms with Gasteiger partial charge in [-0.25, -0.2) is 0 Å². The Labute approximate surface area is 347 Å². The van der Waals surface area contributed by atoms with E-state index in [0.717, 1.165) is 111 Å². The van der Waals surface area contributed by atoms with Crippen LogP contribution in [0, 0.1) is 27.7 Å². The molecule has 0 spiro atoms. The number of anilines is 6. The largest absolute Gasteiger partial charge is 0.455 e. The van der Waals surface area contributed by atoms with Crippen LogP contribution in [0.2, 0.25) is 0 Å². The van der Waals surface area contributed by atoms with E-state index in [1.807, 2.05) is 0 Å². The number of fused-ring (bicyclic) bond motifs is 4. The van der Waals surface area contributed by atoms with Gasteiger partial charge in [0, 0.05) is 77.0 Å². The molecule has 0 saturated heterocycles. The van der Waals surface area contributed by atoms with Crippen LogP contribution in [-0.2, 0) is 0 Å². The number of aryl methyl sites for hydroxylation is 4. The Morgan fingerprint density at radius 1 is 0.300 bits per heavy atom. The van der Waals surface area contributed by atoms with Crippen molar-refractivity contribution in [2.24, 2.45) is 0 Å². The molecule has 0 fully saturated rings. The molecule has 2 aliphatic rings. The zero-order valence-electron chi connectivity index (χ0n) is 33.9. The Hall–Kier alpha value is -7.56. The molecule has 0 aromatic heterocycles. The van der Waals surface area contributed by atoms with Crippen LogP contribution in [0.5, 0.6) is 0 Å². The molecule has 0 amide bonds. The normalized spacial score (nSPS) is 12.0. The van der Waals surface area contributed by atoms with Crippen LogP contribution in [0.25, 0.3) is 76.5 Å². The van der Waals surface area contributed by atoms with E-state index >= 15 is 0 Å². The third kappa shape index (κ3) is 5.04. The minimum atomic E-state index is 0.832. The van der Waals surface area contributed by atoms with Crippen molar-refractivity contribution >= 4 is 99.5 Å². The summed E-state index contributed by atoms with van der Waals surface area (Å²) in [5, 5.41) is 8.64. The van der Waals surface area contributed by atoms with Crippen molar-refractivity contribution in [3.8, 4) is 11.1 Å². The minimum absolute atomic E-state index is 0.832. The average Bonchev–Trinajstić information content (AvgIpc) is 3.28. The van der Waals surface area contributed by atoms with Crippen LogP contribution in [0.3, 0.4) is 0 Å². The van der Waals surface area contributed by atoms with Crippen LogP contribution in [-0.4, -0.2) is 0 Å². The van der Waals surface area contributed by atoms with E-state index in [1.54, 1.807) is 0 Å². The number of nitrogens with zero attached hydrogens (tertiary/aromatic N) is 2. The Morgan fingerprint density at radius 2 is 0.600 bits per heavy atom. The fourth-order valence-electron chi connectivity index (χ4n) is 9.54. The molecule has 0 radical (unpaired) electrons. The van der Waals surface area contributed by atoms with Crippen molar-refractivity contribution in [3.63, 3.8) is 0 Å². The van der Waals surface area contributed by atoms with Crippen LogP contribution >= 0.6 is 0 Å². The van der Waals surface area contributed by atoms with E-state index in [-0.39, 0.29) is 0 Å². The fourth-order valence-corrected chi connectivity index (χ4v) is 9.54. The van der Waals surface area contributed by atoms with Gasteiger partial charge in [0.05, 0.1) is 11.4 Å². The average molecular weight is 773 g/mol. The van der Waals surface area contributed by atoms with E-state index in [1.165, 1.54) is 22.3 Å². The lowest BCUT2D eigenvalue weighted by Gasteiger charge is -2.31. The summed E-state index contributed by atoms with van der Waals surface area (Å²) in [6.45, 7) is 8.56. The fraction of sp³-hybridized carbons (Fsp3) is 0.0714. The predicted molar refractivity (Wildman–Crippen MR) is 252 cm³/mol. The molecule has 2 heterocycles. The first-order valence-electron chi connectivity index (χ1n) is 20.7. The lowest BCUT2D eigenvalue weighted by molar-refractivity contribution is 0.650. The SMILES string of the molecule is Cc1ccc(N(c2ccc(C)cc2)c2c3ccccc3c3oc4ccc5c(N(c6ccc(C)cc6)c6ccc(C)cc6)c6ccccc6c6oc7ccc2c3c7-c4c56)cc1. The zero-order chi connectivity index (χ0) is 40.2. The summed E-state index contributed by atoms with van der Waals surface area (Å²) < 4.78 is 14.5. The summed E-state index contributed by atoms with van der Waals surface area (Å²) in [5.74, 6) is 0. The molecule has 4 nitrogen and oxygen atoms in total. The highest BCUT2D eigenvalue weighted by Gasteiger charge is 2.32. The maximum atomic E-state index is 7.25. The third-order valence-corrected chi connectivity index (χ3v) is 12.4. The second-order valence-corrected chi connectivity index (χ2v) is 16.4. The molecule has 286 valence electrons. The summed E-state index contributed by atoms with van der Waals surface area (Å²) in [4.78, 5) is 4.82. The maximum Gasteiger partial charge on any atom is 0.144 e. The molecule has 12 rings (SSSR count). The van der Waals surface area contributed by atoms with Crippen molar-refractivity contribution < 1.29 is 8.83 Å². The van der Waals surface area contributed by atoms with Gasteiger partial charge in [0.15, 0.2) is 0 Å². The topological polar surface area (TPSA) is 32.8 Å². The quantitative estimate of drug-likeness (QED) is 0.124. The van der Waals surface area contributed by atoms with Gasteiger partial charge in [-0.1, -0.05) is 119 Å². The Bertz CT molecular complexity index is 3230. The Morgan fingerprint density at radius 3 is 0.917 bits per heavy atom. The van der Waals surface area contributed by atoms with Gasteiger partial charge in [-0.2, -0.15) is 0 Å². The molecule has 0 bridgehead atoms. The van der Waals surface area contributed by atoms with Gasteiger partial charge in [0.25, 0.3) is 0 Å². The summed E-state index contributed by atoms with van der Waals surface area (Å²) in [7, 11) is 0.